The number of amides is 1. The smallest absolute Gasteiger partial charge is 0.223 e. The molecule has 3 aliphatic rings. The van der Waals surface area contributed by atoms with E-state index in [1.165, 1.54) is 11.3 Å². The topological polar surface area (TPSA) is 41.1 Å². The molecule has 2 fully saturated rings. The van der Waals surface area contributed by atoms with E-state index in [-0.39, 0.29) is 11.8 Å². The fraction of sp³-hybridized carbons (Fsp3) is 0.562. The summed E-state index contributed by atoms with van der Waals surface area (Å²) in [6.07, 6.45) is 3.26. The van der Waals surface area contributed by atoms with E-state index in [0.29, 0.717) is 23.9 Å². The second kappa shape index (κ2) is 3.99. The van der Waals surface area contributed by atoms with Crippen molar-refractivity contribution in [3.05, 3.63) is 29.8 Å². The van der Waals surface area contributed by atoms with Crippen LogP contribution in [0, 0.1) is 11.8 Å². The Balaban J connectivity index is 1.70. The van der Waals surface area contributed by atoms with Gasteiger partial charge in [0.25, 0.3) is 0 Å². The van der Waals surface area contributed by atoms with Crippen molar-refractivity contribution in [1.29, 1.82) is 0 Å². The Hall–Kier alpha value is -1.51. The molecule has 19 heavy (non-hydrogen) atoms. The summed E-state index contributed by atoms with van der Waals surface area (Å²) in [4.78, 5) is 12.2. The van der Waals surface area contributed by atoms with E-state index in [4.69, 9.17) is 0 Å². The van der Waals surface area contributed by atoms with Crippen molar-refractivity contribution in [3.8, 4) is 0 Å². The highest BCUT2D eigenvalue weighted by Crippen LogP contribution is 2.49. The highest BCUT2D eigenvalue weighted by Gasteiger charge is 2.49. The summed E-state index contributed by atoms with van der Waals surface area (Å²) in [7, 11) is 0. The lowest BCUT2D eigenvalue weighted by Gasteiger charge is -2.46. The molecule has 0 spiro atoms. The Morgan fingerprint density at radius 2 is 1.89 bits per heavy atom. The number of fused-ring (bicyclic) bond motifs is 6. The molecule has 2 aliphatic heterocycles. The second-order valence-corrected chi connectivity index (χ2v) is 6.23. The third-order valence-electron chi connectivity index (χ3n) is 5.31. The largest absolute Gasteiger partial charge is 0.381 e. The minimum Gasteiger partial charge on any atom is -0.381 e. The lowest BCUT2D eigenvalue weighted by atomic mass is 9.66. The van der Waals surface area contributed by atoms with Crippen molar-refractivity contribution in [2.75, 3.05) is 5.32 Å². The molecule has 100 valence electrons. The first kappa shape index (κ1) is 11.3. The highest BCUT2D eigenvalue weighted by atomic mass is 16.2. The molecule has 1 saturated carbocycles. The molecule has 1 amide bonds. The molecule has 2 bridgehead atoms. The number of anilines is 1. The van der Waals surface area contributed by atoms with Crippen LogP contribution in [0.4, 0.5) is 5.69 Å². The fourth-order valence-corrected chi connectivity index (χ4v) is 4.52. The van der Waals surface area contributed by atoms with Crippen molar-refractivity contribution in [1.82, 2.24) is 5.32 Å². The quantitative estimate of drug-likeness (QED) is 0.810. The van der Waals surface area contributed by atoms with Gasteiger partial charge in [0.1, 0.15) is 0 Å². The second-order valence-electron chi connectivity index (χ2n) is 6.23. The van der Waals surface area contributed by atoms with Crippen molar-refractivity contribution in [2.24, 2.45) is 11.8 Å². The van der Waals surface area contributed by atoms with E-state index in [2.05, 4.69) is 41.8 Å². The lowest BCUT2D eigenvalue weighted by Crippen LogP contribution is -2.56. The lowest BCUT2D eigenvalue weighted by molar-refractivity contribution is -0.132. The van der Waals surface area contributed by atoms with Crippen molar-refractivity contribution in [2.45, 2.75) is 44.2 Å². The highest BCUT2D eigenvalue weighted by molar-refractivity contribution is 5.81. The molecule has 0 radical (unpaired) electrons. The maximum Gasteiger partial charge on any atom is 0.223 e. The van der Waals surface area contributed by atoms with Crippen LogP contribution in [0.5, 0.6) is 0 Å². The van der Waals surface area contributed by atoms with Crippen molar-refractivity contribution in [3.63, 3.8) is 0 Å². The predicted octanol–water partition coefficient (Wildman–Crippen LogP) is 2.50. The van der Waals surface area contributed by atoms with Crippen LogP contribution in [0.2, 0.25) is 0 Å². The molecule has 5 atom stereocenters. The van der Waals surface area contributed by atoms with E-state index >= 15 is 0 Å². The summed E-state index contributed by atoms with van der Waals surface area (Å²) in [6.45, 7) is 2.13. The number of carbonyl (C=O) groups is 1. The Morgan fingerprint density at radius 1 is 1.16 bits per heavy atom. The van der Waals surface area contributed by atoms with Gasteiger partial charge < -0.3 is 10.6 Å². The van der Waals surface area contributed by atoms with Gasteiger partial charge in [-0.15, -0.1) is 0 Å². The van der Waals surface area contributed by atoms with Gasteiger partial charge in [0.05, 0.1) is 0 Å². The number of hydrogen-bond donors (Lipinski definition) is 2. The number of hydrogen-bond acceptors (Lipinski definition) is 2. The van der Waals surface area contributed by atoms with Gasteiger partial charge in [0.2, 0.25) is 5.91 Å². The van der Waals surface area contributed by atoms with E-state index < -0.39 is 0 Å². The first-order chi connectivity index (χ1) is 9.28. The first-order valence-corrected chi connectivity index (χ1v) is 7.43. The Bertz CT molecular complexity index is 527. The van der Waals surface area contributed by atoms with Crippen LogP contribution >= 0.6 is 0 Å². The van der Waals surface area contributed by atoms with Crippen molar-refractivity contribution >= 4 is 11.6 Å². The zero-order valence-electron chi connectivity index (χ0n) is 11.2. The molecule has 3 nitrogen and oxygen atoms in total. The van der Waals surface area contributed by atoms with Gasteiger partial charge in [-0.3, -0.25) is 4.79 Å². The molecular weight excluding hydrogens is 236 g/mol. The average molecular weight is 256 g/mol. The van der Waals surface area contributed by atoms with Crippen LogP contribution in [0.15, 0.2) is 24.3 Å². The zero-order valence-corrected chi connectivity index (χ0v) is 11.2. The summed E-state index contributed by atoms with van der Waals surface area (Å²) < 4.78 is 0. The molecule has 1 aromatic rings. The summed E-state index contributed by atoms with van der Waals surface area (Å²) in [5, 5.41) is 6.96. The number of carbonyl (C=O) groups excluding carboxylic acids is 1. The standard InChI is InChI=1S/C16H20N2O/c1-2-10-9-7-13-15(14(8-9)18-16(10)19)11-5-3-4-6-12(11)17-13/h3-6,9-10,13-15,17H,2,7-8H2,1H3,(H,18,19)/t9-,10-,13+,14-,15+/m1/s1. The minimum atomic E-state index is 0.225. The Kier molecular flexibility index (Phi) is 2.38. The van der Waals surface area contributed by atoms with E-state index in [1.54, 1.807) is 0 Å². The van der Waals surface area contributed by atoms with Crippen LogP contribution < -0.4 is 10.6 Å². The zero-order chi connectivity index (χ0) is 13.0. The summed E-state index contributed by atoms with van der Waals surface area (Å²) >= 11 is 0. The third-order valence-corrected chi connectivity index (χ3v) is 5.31. The molecule has 1 aromatic carbocycles. The van der Waals surface area contributed by atoms with Crippen LogP contribution in [0.1, 0.15) is 37.7 Å². The number of para-hydroxylation sites is 1. The average Bonchev–Trinajstić information content (AvgIpc) is 2.77. The molecule has 0 unspecified atom stereocenters. The van der Waals surface area contributed by atoms with Gasteiger partial charge >= 0.3 is 0 Å². The third kappa shape index (κ3) is 1.54. The van der Waals surface area contributed by atoms with Crippen LogP contribution in [-0.2, 0) is 4.79 Å². The van der Waals surface area contributed by atoms with Gasteiger partial charge in [-0.25, -0.2) is 0 Å². The van der Waals surface area contributed by atoms with Crippen molar-refractivity contribution < 1.29 is 4.79 Å². The number of rotatable bonds is 1. The molecule has 1 aliphatic carbocycles. The maximum absolute atomic E-state index is 12.2. The molecule has 0 aromatic heterocycles. The SMILES string of the molecule is CC[C@H]1C(=O)N[C@@H]2C[C@H]1C[C@@H]1Nc3ccccc3[C@@H]12. The molecule has 2 heterocycles. The molecule has 4 rings (SSSR count). The van der Waals surface area contributed by atoms with Gasteiger partial charge in [-0.1, -0.05) is 25.1 Å². The monoisotopic (exact) mass is 256 g/mol. The van der Waals surface area contributed by atoms with Gasteiger partial charge in [0, 0.05) is 29.6 Å². The Labute approximate surface area is 113 Å². The summed E-state index contributed by atoms with van der Waals surface area (Å²) in [5.41, 5.74) is 2.67. The Morgan fingerprint density at radius 3 is 2.68 bits per heavy atom. The van der Waals surface area contributed by atoms with Gasteiger partial charge in [-0.2, -0.15) is 0 Å². The van der Waals surface area contributed by atoms with Crippen LogP contribution in [-0.4, -0.2) is 18.0 Å². The number of nitrogens with one attached hydrogen (secondary N) is 2. The maximum atomic E-state index is 12.2. The fourth-order valence-electron chi connectivity index (χ4n) is 4.52. The van der Waals surface area contributed by atoms with Gasteiger partial charge in [0.15, 0.2) is 0 Å². The van der Waals surface area contributed by atoms with Gasteiger partial charge in [-0.05, 0) is 36.8 Å². The molecule has 1 saturated heterocycles. The van der Waals surface area contributed by atoms with Crippen LogP contribution in [0.3, 0.4) is 0 Å². The summed E-state index contributed by atoms with van der Waals surface area (Å²) in [5.74, 6) is 1.54. The van der Waals surface area contributed by atoms with E-state index in [9.17, 15) is 4.79 Å². The summed E-state index contributed by atoms with van der Waals surface area (Å²) in [6, 6.07) is 9.41. The molecule has 2 N–H and O–H groups in total. The normalized spacial score (nSPS) is 39.0. The first-order valence-electron chi connectivity index (χ1n) is 7.43. The predicted molar refractivity (Wildman–Crippen MR) is 75.0 cm³/mol. The van der Waals surface area contributed by atoms with E-state index in [1.807, 2.05) is 0 Å². The minimum absolute atomic E-state index is 0.225. The van der Waals surface area contributed by atoms with E-state index in [0.717, 1.165) is 19.3 Å². The number of benzene rings is 1. The molecular formula is C16H20N2O. The molecule has 3 heteroatoms. The van der Waals surface area contributed by atoms with Crippen LogP contribution in [0.25, 0.3) is 0 Å². The number of piperidine rings is 1.